The molecule has 0 spiro atoms. The summed E-state index contributed by atoms with van der Waals surface area (Å²) < 4.78 is 5.71. The van der Waals surface area contributed by atoms with Crippen LogP contribution in [-0.2, 0) is 9.59 Å². The van der Waals surface area contributed by atoms with E-state index in [0.717, 1.165) is 37.6 Å². The third-order valence-corrected chi connectivity index (χ3v) is 4.37. The van der Waals surface area contributed by atoms with Crippen molar-refractivity contribution >= 4 is 17.5 Å². The number of anilines is 1. The van der Waals surface area contributed by atoms with Gasteiger partial charge in [0.1, 0.15) is 11.8 Å². The molecule has 1 saturated heterocycles. The lowest BCUT2D eigenvalue weighted by Gasteiger charge is -2.36. The van der Waals surface area contributed by atoms with E-state index in [0.29, 0.717) is 19.7 Å². The van der Waals surface area contributed by atoms with Gasteiger partial charge in [0, 0.05) is 32.7 Å². The molecular formula is C19H30N4O3. The molecular weight excluding hydrogens is 332 g/mol. The molecule has 1 atom stereocenters. The first-order chi connectivity index (χ1) is 12.5. The number of amides is 2. The minimum absolute atomic E-state index is 0.119. The molecule has 1 aromatic rings. The van der Waals surface area contributed by atoms with Gasteiger partial charge < -0.3 is 20.3 Å². The fourth-order valence-electron chi connectivity index (χ4n) is 3.03. The fourth-order valence-corrected chi connectivity index (χ4v) is 3.03. The van der Waals surface area contributed by atoms with Crippen molar-refractivity contribution in [3.05, 3.63) is 24.3 Å². The number of nitrogens with one attached hydrogen (secondary N) is 2. The van der Waals surface area contributed by atoms with Crippen LogP contribution in [0.15, 0.2) is 24.3 Å². The Morgan fingerprint density at radius 3 is 2.50 bits per heavy atom. The Bertz CT molecular complexity index is 600. The molecule has 26 heavy (non-hydrogen) atoms. The Labute approximate surface area is 155 Å². The molecule has 0 saturated carbocycles. The van der Waals surface area contributed by atoms with Gasteiger partial charge in [0.2, 0.25) is 11.8 Å². The first-order valence-corrected chi connectivity index (χ1v) is 9.31. The van der Waals surface area contributed by atoms with Gasteiger partial charge in [-0.2, -0.15) is 0 Å². The van der Waals surface area contributed by atoms with Crippen LogP contribution in [0.1, 0.15) is 20.8 Å². The topological polar surface area (TPSA) is 73.9 Å². The Morgan fingerprint density at radius 1 is 1.15 bits per heavy atom. The van der Waals surface area contributed by atoms with Crippen LogP contribution in [0.5, 0.6) is 5.75 Å². The average Bonchev–Trinajstić information content (AvgIpc) is 2.63. The second-order valence-corrected chi connectivity index (χ2v) is 6.35. The van der Waals surface area contributed by atoms with Gasteiger partial charge in [-0.15, -0.1) is 0 Å². The number of nitrogens with zero attached hydrogens (tertiary/aromatic N) is 2. The average molecular weight is 362 g/mol. The van der Waals surface area contributed by atoms with Gasteiger partial charge >= 0.3 is 0 Å². The Morgan fingerprint density at radius 2 is 1.85 bits per heavy atom. The van der Waals surface area contributed by atoms with E-state index >= 15 is 0 Å². The van der Waals surface area contributed by atoms with Crippen molar-refractivity contribution in [2.45, 2.75) is 26.8 Å². The molecule has 1 aliphatic rings. The minimum Gasteiger partial charge on any atom is -0.492 e. The molecule has 2 N–H and O–H groups in total. The summed E-state index contributed by atoms with van der Waals surface area (Å²) in [6.45, 7) is 10.3. The summed E-state index contributed by atoms with van der Waals surface area (Å²) in [4.78, 5) is 28.3. The van der Waals surface area contributed by atoms with E-state index in [1.807, 2.05) is 32.0 Å². The Kier molecular flexibility index (Phi) is 7.72. The summed E-state index contributed by atoms with van der Waals surface area (Å²) in [7, 11) is 0. The number of carbonyl (C=O) groups is 2. The van der Waals surface area contributed by atoms with E-state index in [-0.39, 0.29) is 11.8 Å². The lowest BCUT2D eigenvalue weighted by Crippen LogP contribution is -2.52. The molecule has 0 radical (unpaired) electrons. The lowest BCUT2D eigenvalue weighted by molar-refractivity contribution is -0.129. The maximum Gasteiger partial charge on any atom is 0.242 e. The van der Waals surface area contributed by atoms with Crippen molar-refractivity contribution in [1.29, 1.82) is 0 Å². The molecule has 0 aliphatic carbocycles. The Hall–Kier alpha value is -2.28. The summed E-state index contributed by atoms with van der Waals surface area (Å²) >= 11 is 0. The van der Waals surface area contributed by atoms with Gasteiger partial charge in [-0.1, -0.05) is 12.1 Å². The highest BCUT2D eigenvalue weighted by molar-refractivity contribution is 5.87. The smallest absolute Gasteiger partial charge is 0.242 e. The van der Waals surface area contributed by atoms with Gasteiger partial charge in [-0.25, -0.2) is 0 Å². The second-order valence-electron chi connectivity index (χ2n) is 6.35. The SMILES string of the molecule is CCNC(=O)[C@@H](C)NC(=O)CN1CCN(c2ccccc2OCC)CC1. The van der Waals surface area contributed by atoms with Crippen LogP contribution in [0, 0.1) is 0 Å². The number of likely N-dealkylation sites (N-methyl/N-ethyl adjacent to an activating group) is 1. The number of para-hydroxylation sites is 2. The van der Waals surface area contributed by atoms with Crippen LogP contribution in [-0.4, -0.2) is 68.6 Å². The van der Waals surface area contributed by atoms with E-state index in [1.54, 1.807) is 6.92 Å². The maximum absolute atomic E-state index is 12.2. The molecule has 1 heterocycles. The highest BCUT2D eigenvalue weighted by Crippen LogP contribution is 2.28. The third kappa shape index (κ3) is 5.62. The van der Waals surface area contributed by atoms with E-state index in [1.165, 1.54) is 0 Å². The van der Waals surface area contributed by atoms with Gasteiger partial charge in [-0.05, 0) is 32.9 Å². The third-order valence-electron chi connectivity index (χ3n) is 4.37. The molecule has 2 amide bonds. The number of hydrogen-bond donors (Lipinski definition) is 2. The van der Waals surface area contributed by atoms with Crippen LogP contribution in [0.4, 0.5) is 5.69 Å². The first-order valence-electron chi connectivity index (χ1n) is 9.31. The highest BCUT2D eigenvalue weighted by atomic mass is 16.5. The monoisotopic (exact) mass is 362 g/mol. The number of benzene rings is 1. The lowest BCUT2D eigenvalue weighted by atomic mass is 10.2. The molecule has 144 valence electrons. The van der Waals surface area contributed by atoms with Crippen molar-refractivity contribution < 1.29 is 14.3 Å². The van der Waals surface area contributed by atoms with Gasteiger partial charge in [0.15, 0.2) is 0 Å². The number of carbonyl (C=O) groups excluding carboxylic acids is 2. The summed E-state index contributed by atoms with van der Waals surface area (Å²) in [5, 5.41) is 5.46. The zero-order valence-corrected chi connectivity index (χ0v) is 16.0. The van der Waals surface area contributed by atoms with Gasteiger partial charge in [-0.3, -0.25) is 14.5 Å². The summed E-state index contributed by atoms with van der Waals surface area (Å²) in [6, 6.07) is 7.54. The normalized spacial score (nSPS) is 16.0. The van der Waals surface area contributed by atoms with Crippen LogP contribution in [0.25, 0.3) is 0 Å². The van der Waals surface area contributed by atoms with Crippen molar-refractivity contribution in [3.8, 4) is 5.75 Å². The maximum atomic E-state index is 12.2. The molecule has 1 aromatic carbocycles. The highest BCUT2D eigenvalue weighted by Gasteiger charge is 2.22. The molecule has 0 bridgehead atoms. The minimum atomic E-state index is -0.512. The quantitative estimate of drug-likeness (QED) is 0.717. The summed E-state index contributed by atoms with van der Waals surface area (Å²) in [5.41, 5.74) is 1.10. The molecule has 2 rings (SSSR count). The number of hydrogen-bond acceptors (Lipinski definition) is 5. The van der Waals surface area contributed by atoms with E-state index in [2.05, 4.69) is 26.5 Å². The summed E-state index contributed by atoms with van der Waals surface area (Å²) in [5.74, 6) is 0.627. The van der Waals surface area contributed by atoms with Crippen molar-refractivity contribution in [2.75, 3.05) is 50.8 Å². The van der Waals surface area contributed by atoms with E-state index < -0.39 is 6.04 Å². The Balaban J connectivity index is 1.81. The largest absolute Gasteiger partial charge is 0.492 e. The van der Waals surface area contributed by atoms with Crippen molar-refractivity contribution in [3.63, 3.8) is 0 Å². The van der Waals surface area contributed by atoms with Crippen molar-refractivity contribution in [2.24, 2.45) is 0 Å². The van der Waals surface area contributed by atoms with Crippen LogP contribution in [0.2, 0.25) is 0 Å². The van der Waals surface area contributed by atoms with E-state index in [9.17, 15) is 9.59 Å². The molecule has 1 aliphatic heterocycles. The van der Waals surface area contributed by atoms with Crippen LogP contribution < -0.4 is 20.3 Å². The standard InChI is InChI=1S/C19H30N4O3/c1-4-20-19(25)15(3)21-18(24)14-22-10-12-23(13-11-22)16-8-6-7-9-17(16)26-5-2/h6-9,15H,4-5,10-14H2,1-3H3,(H,20,25)(H,21,24)/t15-/m1/s1. The second kappa shape index (κ2) is 10.0. The fraction of sp³-hybridized carbons (Fsp3) is 0.579. The number of ether oxygens (including phenoxy) is 1. The van der Waals surface area contributed by atoms with Crippen LogP contribution in [0.3, 0.4) is 0 Å². The first kappa shape index (κ1) is 20.0. The zero-order chi connectivity index (χ0) is 18.9. The summed E-state index contributed by atoms with van der Waals surface area (Å²) in [6.07, 6.45) is 0. The van der Waals surface area contributed by atoms with Crippen molar-refractivity contribution in [1.82, 2.24) is 15.5 Å². The predicted molar refractivity (Wildman–Crippen MR) is 103 cm³/mol. The number of piperazine rings is 1. The molecule has 0 aromatic heterocycles. The molecule has 7 nitrogen and oxygen atoms in total. The zero-order valence-electron chi connectivity index (χ0n) is 16.0. The number of rotatable bonds is 8. The molecule has 7 heteroatoms. The molecule has 1 fully saturated rings. The van der Waals surface area contributed by atoms with Crippen LogP contribution >= 0.6 is 0 Å². The van der Waals surface area contributed by atoms with Gasteiger partial charge in [0.05, 0.1) is 18.8 Å². The molecule has 0 unspecified atom stereocenters. The van der Waals surface area contributed by atoms with Gasteiger partial charge in [0.25, 0.3) is 0 Å². The predicted octanol–water partition coefficient (Wildman–Crippen LogP) is 0.848. The van der Waals surface area contributed by atoms with E-state index in [4.69, 9.17) is 4.74 Å².